The fourth-order valence-corrected chi connectivity index (χ4v) is 2.87. The highest BCUT2D eigenvalue weighted by atomic mass is 32.2. The third kappa shape index (κ3) is 3.82. The largest absolute Gasteiger partial charge is 0.507 e. The third-order valence-corrected chi connectivity index (χ3v) is 4.15. The van der Waals surface area contributed by atoms with Crippen LogP contribution < -0.4 is 4.72 Å². The number of phenolic OH excluding ortho intramolecular Hbond substituents is 1. The molecule has 0 fully saturated rings. The minimum atomic E-state index is -3.78. The lowest BCUT2D eigenvalue weighted by atomic mass is 10.2. The minimum Gasteiger partial charge on any atom is -0.507 e. The van der Waals surface area contributed by atoms with E-state index in [9.17, 15) is 18.3 Å². The first-order valence-electron chi connectivity index (χ1n) is 5.86. The van der Waals surface area contributed by atoms with Crippen molar-refractivity contribution in [3.63, 3.8) is 0 Å². The Balaban J connectivity index is 3.13. The summed E-state index contributed by atoms with van der Waals surface area (Å²) in [5, 5.41) is 9.54. The van der Waals surface area contributed by atoms with Gasteiger partial charge in [-0.1, -0.05) is 6.08 Å². The number of rotatable bonds is 6. The lowest BCUT2D eigenvalue weighted by Crippen LogP contribution is -2.32. The Labute approximate surface area is 118 Å². The summed E-state index contributed by atoms with van der Waals surface area (Å²) in [5.74, 6) is -1.14. The van der Waals surface area contributed by atoms with Gasteiger partial charge in [0.2, 0.25) is 10.0 Å². The molecule has 0 aliphatic heterocycles. The summed E-state index contributed by atoms with van der Waals surface area (Å²) in [6, 6.07) is 3.10. The van der Waals surface area contributed by atoms with Crippen molar-refractivity contribution in [3.05, 3.63) is 36.4 Å². The normalized spacial score (nSPS) is 12.7. The predicted molar refractivity (Wildman–Crippen MR) is 74.0 cm³/mol. The monoisotopic (exact) mass is 299 g/mol. The molecule has 1 rings (SSSR count). The summed E-state index contributed by atoms with van der Waals surface area (Å²) in [6.07, 6.45) is 2.07. The van der Waals surface area contributed by atoms with E-state index in [1.165, 1.54) is 6.07 Å². The van der Waals surface area contributed by atoms with Crippen LogP contribution in [0, 0.1) is 0 Å². The van der Waals surface area contributed by atoms with Crippen LogP contribution in [0.15, 0.2) is 35.7 Å². The molecule has 7 heteroatoms. The average molecular weight is 299 g/mol. The molecule has 1 unspecified atom stereocenters. The van der Waals surface area contributed by atoms with E-state index in [0.717, 1.165) is 19.2 Å². The molecule has 0 heterocycles. The predicted octanol–water partition coefficient (Wildman–Crippen LogP) is 1.42. The van der Waals surface area contributed by atoms with E-state index in [2.05, 4.69) is 16.0 Å². The molecule has 0 saturated carbocycles. The Morgan fingerprint density at radius 3 is 2.75 bits per heavy atom. The van der Waals surface area contributed by atoms with Crippen LogP contribution in [0.4, 0.5) is 0 Å². The molecule has 1 aromatic carbocycles. The molecule has 1 atom stereocenters. The number of ether oxygens (including phenoxy) is 1. The number of hydrogen-bond donors (Lipinski definition) is 2. The highest BCUT2D eigenvalue weighted by Crippen LogP contribution is 2.22. The van der Waals surface area contributed by atoms with Crippen molar-refractivity contribution in [2.45, 2.75) is 24.3 Å². The van der Waals surface area contributed by atoms with Gasteiger partial charge in [0.15, 0.2) is 0 Å². The maximum atomic E-state index is 12.1. The molecule has 0 aliphatic rings. The number of carbonyl (C=O) groups is 1. The highest BCUT2D eigenvalue weighted by molar-refractivity contribution is 7.89. The Bertz CT molecular complexity index is 609. The first kappa shape index (κ1) is 16.2. The maximum absolute atomic E-state index is 12.1. The summed E-state index contributed by atoms with van der Waals surface area (Å²) in [6.45, 7) is 5.23. The molecular formula is C13H17NO5S. The van der Waals surface area contributed by atoms with Gasteiger partial charge in [0.1, 0.15) is 11.3 Å². The van der Waals surface area contributed by atoms with Gasteiger partial charge in [0.05, 0.1) is 12.0 Å². The van der Waals surface area contributed by atoms with E-state index in [1.807, 2.05) is 0 Å². The van der Waals surface area contributed by atoms with Gasteiger partial charge in [-0.3, -0.25) is 0 Å². The third-order valence-electron chi connectivity index (χ3n) is 2.56. The Morgan fingerprint density at radius 2 is 2.20 bits per heavy atom. The zero-order valence-electron chi connectivity index (χ0n) is 11.3. The van der Waals surface area contributed by atoms with Gasteiger partial charge < -0.3 is 9.84 Å². The van der Waals surface area contributed by atoms with Crippen LogP contribution in [0.1, 0.15) is 23.7 Å². The SMILES string of the molecule is C=CCC(C)NS(=O)(=O)c1ccc(O)c(C(=O)OC)c1. The van der Waals surface area contributed by atoms with E-state index in [-0.39, 0.29) is 22.3 Å². The van der Waals surface area contributed by atoms with Crippen LogP contribution in [0.5, 0.6) is 5.75 Å². The van der Waals surface area contributed by atoms with Crippen molar-refractivity contribution in [2.75, 3.05) is 7.11 Å². The summed E-state index contributed by atoms with van der Waals surface area (Å²) in [7, 11) is -2.63. The Morgan fingerprint density at radius 1 is 1.55 bits per heavy atom. The van der Waals surface area contributed by atoms with Crippen molar-refractivity contribution in [1.29, 1.82) is 0 Å². The average Bonchev–Trinajstić information content (AvgIpc) is 2.37. The fraction of sp³-hybridized carbons (Fsp3) is 0.308. The topological polar surface area (TPSA) is 92.7 Å². The Hall–Kier alpha value is -1.86. The Kier molecular flexibility index (Phi) is 5.29. The minimum absolute atomic E-state index is 0.119. The van der Waals surface area contributed by atoms with Gasteiger partial charge in [-0.2, -0.15) is 0 Å². The second-order valence-corrected chi connectivity index (χ2v) is 5.93. The molecule has 0 amide bonds. The molecule has 20 heavy (non-hydrogen) atoms. The number of hydrogen-bond acceptors (Lipinski definition) is 5. The van der Waals surface area contributed by atoms with Crippen LogP contribution in [-0.4, -0.2) is 32.6 Å². The summed E-state index contributed by atoms with van der Waals surface area (Å²) in [5.41, 5.74) is -0.202. The summed E-state index contributed by atoms with van der Waals surface area (Å²) >= 11 is 0. The standard InChI is InChI=1S/C13H17NO5S/c1-4-5-9(2)14-20(17,18)10-6-7-12(15)11(8-10)13(16)19-3/h4,6-9,14-15H,1,5H2,2-3H3. The number of phenols is 1. The number of benzene rings is 1. The lowest BCUT2D eigenvalue weighted by molar-refractivity contribution is 0.0597. The fourth-order valence-electron chi connectivity index (χ4n) is 1.59. The van der Waals surface area contributed by atoms with Crippen molar-refractivity contribution in [3.8, 4) is 5.75 Å². The van der Waals surface area contributed by atoms with Crippen LogP contribution >= 0.6 is 0 Å². The summed E-state index contributed by atoms with van der Waals surface area (Å²) < 4.78 is 31.1. The van der Waals surface area contributed by atoms with E-state index in [0.29, 0.717) is 6.42 Å². The van der Waals surface area contributed by atoms with Crippen molar-refractivity contribution in [1.82, 2.24) is 4.72 Å². The first-order valence-corrected chi connectivity index (χ1v) is 7.34. The van der Waals surface area contributed by atoms with Gasteiger partial charge in [-0.15, -0.1) is 6.58 Å². The molecule has 0 saturated heterocycles. The molecular weight excluding hydrogens is 282 g/mol. The van der Waals surface area contributed by atoms with Gasteiger partial charge in [0, 0.05) is 6.04 Å². The smallest absolute Gasteiger partial charge is 0.341 e. The zero-order valence-corrected chi connectivity index (χ0v) is 12.1. The number of methoxy groups -OCH3 is 1. The van der Waals surface area contributed by atoms with Crippen LogP contribution in [0.25, 0.3) is 0 Å². The first-order chi connectivity index (χ1) is 9.31. The second kappa shape index (κ2) is 6.53. The highest BCUT2D eigenvalue weighted by Gasteiger charge is 2.20. The van der Waals surface area contributed by atoms with Gasteiger partial charge in [0.25, 0.3) is 0 Å². The van der Waals surface area contributed by atoms with Crippen LogP contribution in [0.2, 0.25) is 0 Å². The summed E-state index contributed by atoms with van der Waals surface area (Å²) in [4.78, 5) is 11.3. The van der Waals surface area contributed by atoms with Gasteiger partial charge >= 0.3 is 5.97 Å². The molecule has 1 aromatic rings. The number of esters is 1. The van der Waals surface area contributed by atoms with E-state index >= 15 is 0 Å². The molecule has 0 aromatic heterocycles. The molecule has 110 valence electrons. The van der Waals surface area contributed by atoms with Crippen molar-refractivity contribution < 1.29 is 23.1 Å². The molecule has 6 nitrogen and oxygen atoms in total. The van der Waals surface area contributed by atoms with E-state index in [1.54, 1.807) is 13.0 Å². The molecule has 2 N–H and O–H groups in total. The van der Waals surface area contributed by atoms with Crippen molar-refractivity contribution >= 4 is 16.0 Å². The molecule has 0 radical (unpaired) electrons. The number of aromatic hydroxyl groups is 1. The van der Waals surface area contributed by atoms with Gasteiger partial charge in [-0.25, -0.2) is 17.9 Å². The molecule has 0 bridgehead atoms. The number of sulfonamides is 1. The molecule has 0 spiro atoms. The van der Waals surface area contributed by atoms with Gasteiger partial charge in [-0.05, 0) is 31.5 Å². The van der Waals surface area contributed by atoms with E-state index < -0.39 is 16.0 Å². The second-order valence-electron chi connectivity index (χ2n) is 4.22. The van der Waals surface area contributed by atoms with E-state index in [4.69, 9.17) is 0 Å². The quantitative estimate of drug-likeness (QED) is 0.612. The van der Waals surface area contributed by atoms with Crippen LogP contribution in [0.3, 0.4) is 0 Å². The number of nitrogens with one attached hydrogen (secondary N) is 1. The maximum Gasteiger partial charge on any atom is 0.341 e. The number of carbonyl (C=O) groups excluding carboxylic acids is 1. The lowest BCUT2D eigenvalue weighted by Gasteiger charge is -2.13. The molecule has 0 aliphatic carbocycles. The zero-order chi connectivity index (χ0) is 15.3. The van der Waals surface area contributed by atoms with Crippen LogP contribution in [-0.2, 0) is 14.8 Å². The van der Waals surface area contributed by atoms with Crippen molar-refractivity contribution in [2.24, 2.45) is 0 Å².